The first kappa shape index (κ1) is 14.7. The Hall–Kier alpha value is -2.69. The minimum Gasteiger partial charge on any atom is -0.497 e. The zero-order valence-electron chi connectivity index (χ0n) is 12.1. The van der Waals surface area contributed by atoms with Crippen LogP contribution in [0.2, 0.25) is 0 Å². The predicted octanol–water partition coefficient (Wildman–Crippen LogP) is 3.16. The van der Waals surface area contributed by atoms with Gasteiger partial charge in [-0.2, -0.15) is 0 Å². The van der Waals surface area contributed by atoms with Gasteiger partial charge in [0, 0.05) is 11.8 Å². The Morgan fingerprint density at radius 3 is 2.52 bits per heavy atom. The number of aryl methyl sites for hydroxylation is 1. The number of carbonyl (C=O) groups is 1. The fourth-order valence-electron chi connectivity index (χ4n) is 1.69. The number of rotatable bonds is 5. The summed E-state index contributed by atoms with van der Waals surface area (Å²) in [6, 6.07) is 14.4. The van der Waals surface area contributed by atoms with Gasteiger partial charge in [0.15, 0.2) is 6.73 Å². The molecular formula is C16H18N2O3. The molecule has 2 aromatic carbocycles. The molecule has 0 spiro atoms. The van der Waals surface area contributed by atoms with Gasteiger partial charge < -0.3 is 20.1 Å². The van der Waals surface area contributed by atoms with Crippen molar-refractivity contribution in [2.24, 2.45) is 0 Å². The Morgan fingerprint density at radius 1 is 1.10 bits per heavy atom. The molecule has 0 aromatic heterocycles. The average molecular weight is 286 g/mol. The lowest BCUT2D eigenvalue weighted by atomic mass is 10.2. The SMILES string of the molecule is COc1cccc(OCNC(=O)Nc2ccc(C)cc2)c1. The van der Waals surface area contributed by atoms with E-state index < -0.39 is 0 Å². The quantitative estimate of drug-likeness (QED) is 0.830. The van der Waals surface area contributed by atoms with Gasteiger partial charge in [0.05, 0.1) is 7.11 Å². The highest BCUT2D eigenvalue weighted by atomic mass is 16.5. The summed E-state index contributed by atoms with van der Waals surface area (Å²) in [5.41, 5.74) is 1.88. The summed E-state index contributed by atoms with van der Waals surface area (Å²) in [5, 5.41) is 5.34. The van der Waals surface area contributed by atoms with E-state index in [-0.39, 0.29) is 12.8 Å². The Balaban J connectivity index is 1.77. The highest BCUT2D eigenvalue weighted by molar-refractivity contribution is 5.89. The molecule has 21 heavy (non-hydrogen) atoms. The first-order valence-corrected chi connectivity index (χ1v) is 6.56. The van der Waals surface area contributed by atoms with Crippen molar-refractivity contribution in [3.8, 4) is 11.5 Å². The maximum absolute atomic E-state index is 11.7. The molecule has 0 unspecified atom stereocenters. The van der Waals surface area contributed by atoms with Crippen molar-refractivity contribution in [1.29, 1.82) is 0 Å². The summed E-state index contributed by atoms with van der Waals surface area (Å²) in [6.45, 7) is 2.07. The summed E-state index contributed by atoms with van der Waals surface area (Å²) in [6.07, 6.45) is 0. The van der Waals surface area contributed by atoms with E-state index >= 15 is 0 Å². The first-order valence-electron chi connectivity index (χ1n) is 6.56. The number of anilines is 1. The van der Waals surface area contributed by atoms with Gasteiger partial charge >= 0.3 is 6.03 Å². The number of benzene rings is 2. The molecule has 0 heterocycles. The molecule has 0 atom stereocenters. The highest BCUT2D eigenvalue weighted by Gasteiger charge is 2.01. The molecule has 2 rings (SSSR count). The molecule has 0 aliphatic rings. The normalized spacial score (nSPS) is 9.81. The predicted molar refractivity (Wildman–Crippen MR) is 81.8 cm³/mol. The van der Waals surface area contributed by atoms with Gasteiger partial charge in [-0.25, -0.2) is 4.79 Å². The van der Waals surface area contributed by atoms with Gasteiger partial charge in [-0.05, 0) is 31.2 Å². The number of nitrogens with one attached hydrogen (secondary N) is 2. The van der Waals surface area contributed by atoms with E-state index in [0.717, 1.165) is 11.3 Å². The van der Waals surface area contributed by atoms with Crippen LogP contribution in [0.3, 0.4) is 0 Å². The number of ether oxygens (including phenoxy) is 2. The number of hydrogen-bond donors (Lipinski definition) is 2. The third-order valence-corrected chi connectivity index (χ3v) is 2.82. The molecule has 2 N–H and O–H groups in total. The van der Waals surface area contributed by atoms with E-state index in [1.165, 1.54) is 0 Å². The van der Waals surface area contributed by atoms with Crippen LogP contribution >= 0.6 is 0 Å². The molecule has 0 aliphatic heterocycles. The van der Waals surface area contributed by atoms with Crippen LogP contribution in [0.25, 0.3) is 0 Å². The van der Waals surface area contributed by atoms with E-state index in [1.807, 2.05) is 43.3 Å². The summed E-state index contributed by atoms with van der Waals surface area (Å²) in [7, 11) is 1.59. The van der Waals surface area contributed by atoms with Crippen LogP contribution in [0.15, 0.2) is 48.5 Å². The molecular weight excluding hydrogens is 268 g/mol. The molecule has 0 saturated heterocycles. The number of methoxy groups -OCH3 is 1. The third kappa shape index (κ3) is 4.72. The van der Waals surface area contributed by atoms with Crippen molar-refractivity contribution in [2.75, 3.05) is 19.2 Å². The van der Waals surface area contributed by atoms with Gasteiger partial charge in [0.2, 0.25) is 0 Å². The van der Waals surface area contributed by atoms with Crippen LogP contribution in [0.1, 0.15) is 5.56 Å². The number of hydrogen-bond acceptors (Lipinski definition) is 3. The lowest BCUT2D eigenvalue weighted by molar-refractivity contribution is 0.234. The second kappa shape index (κ2) is 7.19. The van der Waals surface area contributed by atoms with Gasteiger partial charge in [-0.1, -0.05) is 23.8 Å². The molecule has 0 aliphatic carbocycles. The first-order chi connectivity index (χ1) is 10.2. The van der Waals surface area contributed by atoms with Crippen LogP contribution in [0, 0.1) is 6.92 Å². The minimum absolute atomic E-state index is 0.0743. The van der Waals surface area contributed by atoms with Crippen LogP contribution < -0.4 is 20.1 Å². The van der Waals surface area contributed by atoms with Crippen molar-refractivity contribution >= 4 is 11.7 Å². The van der Waals surface area contributed by atoms with Gasteiger partial charge in [-0.15, -0.1) is 0 Å². The summed E-state index contributed by atoms with van der Waals surface area (Å²) < 4.78 is 10.5. The highest BCUT2D eigenvalue weighted by Crippen LogP contribution is 2.18. The lowest BCUT2D eigenvalue weighted by Crippen LogP contribution is -2.31. The maximum atomic E-state index is 11.7. The van der Waals surface area contributed by atoms with E-state index in [2.05, 4.69) is 10.6 Å². The summed E-state index contributed by atoms with van der Waals surface area (Å²) in [4.78, 5) is 11.7. The van der Waals surface area contributed by atoms with Crippen LogP contribution in [0.4, 0.5) is 10.5 Å². The molecule has 5 nitrogen and oxygen atoms in total. The zero-order valence-corrected chi connectivity index (χ0v) is 12.1. The minimum atomic E-state index is -0.318. The average Bonchev–Trinajstić information content (AvgIpc) is 2.50. The van der Waals surface area contributed by atoms with E-state index in [0.29, 0.717) is 11.5 Å². The molecule has 0 saturated carbocycles. The molecule has 0 fully saturated rings. The van der Waals surface area contributed by atoms with Crippen molar-refractivity contribution in [1.82, 2.24) is 5.32 Å². The van der Waals surface area contributed by atoms with Gasteiger partial charge in [-0.3, -0.25) is 0 Å². The fourth-order valence-corrected chi connectivity index (χ4v) is 1.69. The molecule has 2 amide bonds. The fraction of sp³-hybridized carbons (Fsp3) is 0.188. The van der Waals surface area contributed by atoms with Gasteiger partial charge in [0.1, 0.15) is 11.5 Å². The standard InChI is InChI=1S/C16H18N2O3/c1-12-6-8-13(9-7-12)18-16(19)17-11-21-15-5-3-4-14(10-15)20-2/h3-10H,11H2,1-2H3,(H2,17,18,19). The second-order valence-corrected chi connectivity index (χ2v) is 4.46. The van der Waals surface area contributed by atoms with Crippen molar-refractivity contribution in [3.05, 3.63) is 54.1 Å². The molecule has 2 aromatic rings. The molecule has 0 radical (unpaired) electrons. The summed E-state index contributed by atoms with van der Waals surface area (Å²) >= 11 is 0. The smallest absolute Gasteiger partial charge is 0.321 e. The van der Waals surface area contributed by atoms with Crippen LogP contribution in [0.5, 0.6) is 11.5 Å². The number of amides is 2. The molecule has 110 valence electrons. The van der Waals surface area contributed by atoms with Crippen molar-refractivity contribution < 1.29 is 14.3 Å². The van der Waals surface area contributed by atoms with Crippen molar-refractivity contribution in [3.63, 3.8) is 0 Å². The van der Waals surface area contributed by atoms with Gasteiger partial charge in [0.25, 0.3) is 0 Å². The lowest BCUT2D eigenvalue weighted by Gasteiger charge is -2.10. The summed E-state index contributed by atoms with van der Waals surface area (Å²) in [5.74, 6) is 1.33. The molecule has 0 bridgehead atoms. The largest absolute Gasteiger partial charge is 0.497 e. The van der Waals surface area contributed by atoms with E-state index in [9.17, 15) is 4.79 Å². The Bertz CT molecular complexity index is 597. The molecule has 5 heteroatoms. The maximum Gasteiger partial charge on any atom is 0.321 e. The Labute approximate surface area is 123 Å². The topological polar surface area (TPSA) is 59.6 Å². The van der Waals surface area contributed by atoms with E-state index in [1.54, 1.807) is 19.2 Å². The third-order valence-electron chi connectivity index (χ3n) is 2.82. The van der Waals surface area contributed by atoms with Crippen molar-refractivity contribution in [2.45, 2.75) is 6.92 Å². The zero-order chi connectivity index (χ0) is 15.1. The Kier molecular flexibility index (Phi) is 5.04. The number of urea groups is 1. The number of carbonyl (C=O) groups excluding carboxylic acids is 1. The van der Waals surface area contributed by atoms with Crippen LogP contribution in [-0.2, 0) is 0 Å². The van der Waals surface area contributed by atoms with Crippen LogP contribution in [-0.4, -0.2) is 19.9 Å². The van der Waals surface area contributed by atoms with E-state index in [4.69, 9.17) is 9.47 Å². The monoisotopic (exact) mass is 286 g/mol. The second-order valence-electron chi connectivity index (χ2n) is 4.46. The Morgan fingerprint density at radius 2 is 1.81 bits per heavy atom.